The molecular formula is C21H29N5O3. The minimum Gasteiger partial charge on any atom is -0.384 e. The molecule has 0 aliphatic carbocycles. The second-order valence-corrected chi connectivity index (χ2v) is 7.43. The molecule has 1 aliphatic rings. The molecule has 1 aromatic heterocycles. The van der Waals surface area contributed by atoms with Crippen LogP contribution in [0.4, 0.5) is 0 Å². The molecule has 1 N–H and O–H groups in total. The minimum atomic E-state index is -0.141. The third kappa shape index (κ3) is 5.41. The zero-order chi connectivity index (χ0) is 20.8. The lowest BCUT2D eigenvalue weighted by Gasteiger charge is -2.39. The van der Waals surface area contributed by atoms with E-state index in [2.05, 4.69) is 27.5 Å². The fourth-order valence-electron chi connectivity index (χ4n) is 3.84. The van der Waals surface area contributed by atoms with Crippen LogP contribution in [0.25, 0.3) is 0 Å². The number of carbonyl (C=O) groups excluding carboxylic acids is 2. The largest absolute Gasteiger partial charge is 0.384 e. The average Bonchev–Trinajstić information content (AvgIpc) is 3.03. The smallest absolute Gasteiger partial charge is 0.244 e. The van der Waals surface area contributed by atoms with Crippen LogP contribution in [0.15, 0.2) is 30.3 Å². The maximum atomic E-state index is 12.9. The molecule has 2 heterocycles. The number of amides is 2. The summed E-state index contributed by atoms with van der Waals surface area (Å²) in [6.07, 6.45) is 1.10. The molecule has 0 spiro atoms. The summed E-state index contributed by atoms with van der Waals surface area (Å²) < 4.78 is 6.64. The fraction of sp³-hybridized carbons (Fsp3) is 0.524. The van der Waals surface area contributed by atoms with Crippen LogP contribution in [0.2, 0.25) is 0 Å². The predicted octanol–water partition coefficient (Wildman–Crippen LogP) is 1.43. The van der Waals surface area contributed by atoms with Crippen LogP contribution in [0.1, 0.15) is 36.0 Å². The van der Waals surface area contributed by atoms with E-state index in [-0.39, 0.29) is 30.3 Å². The van der Waals surface area contributed by atoms with Crippen LogP contribution >= 0.6 is 0 Å². The van der Waals surface area contributed by atoms with Gasteiger partial charge in [0.05, 0.1) is 12.6 Å². The summed E-state index contributed by atoms with van der Waals surface area (Å²) in [6, 6.07) is 10.0. The van der Waals surface area contributed by atoms with E-state index in [0.717, 1.165) is 12.2 Å². The maximum Gasteiger partial charge on any atom is 0.244 e. The van der Waals surface area contributed by atoms with Crippen molar-refractivity contribution in [2.75, 3.05) is 26.8 Å². The third-order valence-corrected chi connectivity index (χ3v) is 5.32. The molecular weight excluding hydrogens is 370 g/mol. The van der Waals surface area contributed by atoms with E-state index >= 15 is 0 Å². The topological polar surface area (TPSA) is 89.4 Å². The van der Waals surface area contributed by atoms with Gasteiger partial charge < -0.3 is 15.0 Å². The molecule has 29 heavy (non-hydrogen) atoms. The highest BCUT2D eigenvalue weighted by molar-refractivity contribution is 5.78. The van der Waals surface area contributed by atoms with Crippen molar-refractivity contribution in [1.82, 2.24) is 25.0 Å². The van der Waals surface area contributed by atoms with Gasteiger partial charge in [0.15, 0.2) is 0 Å². The summed E-state index contributed by atoms with van der Waals surface area (Å²) in [5, 5.41) is 7.40. The molecule has 156 valence electrons. The minimum absolute atomic E-state index is 0.0133. The Bertz CT molecular complexity index is 836. The molecule has 0 saturated carbocycles. The predicted molar refractivity (Wildman–Crippen MR) is 108 cm³/mol. The number of hydrogen-bond acceptors (Lipinski definition) is 5. The van der Waals surface area contributed by atoms with Crippen LogP contribution in [0.3, 0.4) is 0 Å². The van der Waals surface area contributed by atoms with E-state index in [0.29, 0.717) is 31.9 Å². The van der Waals surface area contributed by atoms with Gasteiger partial charge in [-0.1, -0.05) is 30.3 Å². The first-order valence-electron chi connectivity index (χ1n) is 9.97. The Labute approximate surface area is 171 Å². The monoisotopic (exact) mass is 399 g/mol. The van der Waals surface area contributed by atoms with Crippen LogP contribution in [-0.4, -0.2) is 64.3 Å². The number of benzene rings is 1. The summed E-state index contributed by atoms with van der Waals surface area (Å²) in [6.45, 7) is 5.31. The summed E-state index contributed by atoms with van der Waals surface area (Å²) in [5.41, 5.74) is 1.18. The number of aryl methyl sites for hydroxylation is 2. The first-order valence-corrected chi connectivity index (χ1v) is 9.97. The van der Waals surface area contributed by atoms with Gasteiger partial charge in [0.25, 0.3) is 0 Å². The Balaban J connectivity index is 1.71. The SMILES string of the molecule is COCCC(=O)N[C@H]1CN(C(=O)Cn2nc(C)nc2C)CC[C@H]1c1ccccc1. The Morgan fingerprint density at radius 2 is 2.00 bits per heavy atom. The van der Waals surface area contributed by atoms with Crippen molar-refractivity contribution in [3.63, 3.8) is 0 Å². The quantitative estimate of drug-likeness (QED) is 0.761. The van der Waals surface area contributed by atoms with Crippen molar-refractivity contribution in [2.24, 2.45) is 0 Å². The molecule has 2 amide bonds. The van der Waals surface area contributed by atoms with Gasteiger partial charge in [-0.25, -0.2) is 9.67 Å². The highest BCUT2D eigenvalue weighted by Gasteiger charge is 2.33. The third-order valence-electron chi connectivity index (χ3n) is 5.32. The van der Waals surface area contributed by atoms with E-state index in [1.54, 1.807) is 11.8 Å². The number of hydrogen-bond donors (Lipinski definition) is 1. The highest BCUT2D eigenvalue weighted by atomic mass is 16.5. The number of piperidine rings is 1. The van der Waals surface area contributed by atoms with Gasteiger partial charge in [0, 0.05) is 32.5 Å². The number of likely N-dealkylation sites (tertiary alicyclic amines) is 1. The van der Waals surface area contributed by atoms with Crippen molar-refractivity contribution in [3.05, 3.63) is 47.5 Å². The van der Waals surface area contributed by atoms with Crippen molar-refractivity contribution < 1.29 is 14.3 Å². The molecule has 0 bridgehead atoms. The van der Waals surface area contributed by atoms with E-state index in [4.69, 9.17) is 4.74 Å². The summed E-state index contributed by atoms with van der Waals surface area (Å²) in [5.74, 6) is 1.47. The summed E-state index contributed by atoms with van der Waals surface area (Å²) >= 11 is 0. The van der Waals surface area contributed by atoms with Crippen LogP contribution in [0, 0.1) is 13.8 Å². The summed E-state index contributed by atoms with van der Waals surface area (Å²) in [7, 11) is 1.58. The number of carbonyl (C=O) groups is 2. The molecule has 1 aliphatic heterocycles. The molecule has 8 heteroatoms. The zero-order valence-corrected chi connectivity index (χ0v) is 17.3. The van der Waals surface area contributed by atoms with E-state index in [1.807, 2.05) is 36.9 Å². The van der Waals surface area contributed by atoms with Crippen molar-refractivity contribution >= 4 is 11.8 Å². The van der Waals surface area contributed by atoms with Crippen LogP contribution in [-0.2, 0) is 20.9 Å². The van der Waals surface area contributed by atoms with Gasteiger partial charge in [-0.05, 0) is 25.8 Å². The molecule has 0 unspecified atom stereocenters. The van der Waals surface area contributed by atoms with Gasteiger partial charge in [-0.3, -0.25) is 9.59 Å². The molecule has 2 aromatic rings. The zero-order valence-electron chi connectivity index (χ0n) is 17.3. The maximum absolute atomic E-state index is 12.9. The Kier molecular flexibility index (Phi) is 6.98. The molecule has 0 radical (unpaired) electrons. The van der Waals surface area contributed by atoms with Gasteiger partial charge in [-0.15, -0.1) is 0 Å². The molecule has 8 nitrogen and oxygen atoms in total. The number of nitrogens with one attached hydrogen (secondary N) is 1. The van der Waals surface area contributed by atoms with Gasteiger partial charge in [-0.2, -0.15) is 5.10 Å². The Morgan fingerprint density at radius 1 is 1.24 bits per heavy atom. The van der Waals surface area contributed by atoms with Crippen LogP contribution < -0.4 is 5.32 Å². The Morgan fingerprint density at radius 3 is 2.66 bits per heavy atom. The lowest BCUT2D eigenvalue weighted by molar-refractivity contribution is -0.134. The molecule has 1 saturated heterocycles. The fourth-order valence-corrected chi connectivity index (χ4v) is 3.84. The number of methoxy groups -OCH3 is 1. The second-order valence-electron chi connectivity index (χ2n) is 7.43. The first-order chi connectivity index (χ1) is 14.0. The van der Waals surface area contributed by atoms with Gasteiger partial charge >= 0.3 is 0 Å². The number of ether oxygens (including phenoxy) is 1. The van der Waals surface area contributed by atoms with Crippen molar-refractivity contribution in [3.8, 4) is 0 Å². The highest BCUT2D eigenvalue weighted by Crippen LogP contribution is 2.28. The molecule has 1 aromatic carbocycles. The van der Waals surface area contributed by atoms with E-state index in [1.165, 1.54) is 5.56 Å². The Hall–Kier alpha value is -2.74. The van der Waals surface area contributed by atoms with Crippen LogP contribution in [0.5, 0.6) is 0 Å². The van der Waals surface area contributed by atoms with Crippen molar-refractivity contribution in [2.45, 2.75) is 45.2 Å². The van der Waals surface area contributed by atoms with Gasteiger partial charge in [0.1, 0.15) is 18.2 Å². The molecule has 3 rings (SSSR count). The number of rotatable bonds is 7. The van der Waals surface area contributed by atoms with Crippen molar-refractivity contribution in [1.29, 1.82) is 0 Å². The van der Waals surface area contributed by atoms with E-state index < -0.39 is 0 Å². The molecule has 1 fully saturated rings. The number of aromatic nitrogens is 3. The normalized spacial score (nSPS) is 19.2. The van der Waals surface area contributed by atoms with E-state index in [9.17, 15) is 9.59 Å². The van der Waals surface area contributed by atoms with Gasteiger partial charge in [0.2, 0.25) is 11.8 Å². The lowest BCUT2D eigenvalue weighted by Crippen LogP contribution is -2.53. The summed E-state index contributed by atoms with van der Waals surface area (Å²) in [4.78, 5) is 31.3. The molecule has 2 atom stereocenters. The number of nitrogens with zero attached hydrogens (tertiary/aromatic N) is 4. The average molecular weight is 399 g/mol. The first kappa shape index (κ1) is 21.0. The second kappa shape index (κ2) is 9.65. The lowest BCUT2D eigenvalue weighted by atomic mass is 9.85. The standard InChI is InChI=1S/C21H29N5O3/c1-15-22-16(2)26(24-15)14-21(28)25-11-9-18(17-7-5-4-6-8-17)19(13-25)23-20(27)10-12-29-3/h4-8,18-19H,9-14H2,1-3H3,(H,23,27)/t18-,19-/m0/s1.